The minimum absolute atomic E-state index is 1.09. The second kappa shape index (κ2) is 21.8. The van der Waals surface area contributed by atoms with Gasteiger partial charge in [-0.05, 0) is 189 Å². The molecule has 15 aromatic carbocycles. The van der Waals surface area contributed by atoms with Crippen molar-refractivity contribution in [3.8, 4) is 66.8 Å². The predicted molar refractivity (Wildman–Crippen MR) is 358 cm³/mol. The van der Waals surface area contributed by atoms with E-state index in [4.69, 9.17) is 0 Å². The summed E-state index contributed by atoms with van der Waals surface area (Å²) in [4.78, 5) is 4.69. The van der Waals surface area contributed by atoms with Crippen molar-refractivity contribution in [1.82, 2.24) is 0 Å². The lowest BCUT2D eigenvalue weighted by Crippen LogP contribution is -2.09. The zero-order valence-electron chi connectivity index (χ0n) is 46.2. The molecule has 0 unspecified atom stereocenters. The van der Waals surface area contributed by atoms with Crippen molar-refractivity contribution < 1.29 is 0 Å². The molecule has 0 fully saturated rings. The van der Waals surface area contributed by atoms with Crippen molar-refractivity contribution in [2.45, 2.75) is 0 Å². The molecule has 394 valence electrons. The van der Waals surface area contributed by atoms with Crippen LogP contribution in [-0.2, 0) is 0 Å². The lowest BCUT2D eigenvalue weighted by molar-refractivity contribution is 1.28. The molecule has 0 radical (unpaired) electrons. The molecular weight excluding hydrogens is 1010 g/mol. The van der Waals surface area contributed by atoms with Crippen LogP contribution in [0.5, 0.6) is 0 Å². The zero-order chi connectivity index (χ0) is 55.8. The highest BCUT2D eigenvalue weighted by Crippen LogP contribution is 2.49. The Bertz CT molecular complexity index is 4410. The molecule has 2 heteroatoms. The molecule has 0 saturated carbocycles. The van der Waals surface area contributed by atoms with Gasteiger partial charge in [0.25, 0.3) is 0 Å². The molecule has 0 aliphatic heterocycles. The Morgan fingerprint density at radius 2 is 0.321 bits per heavy atom. The molecule has 0 aromatic heterocycles. The lowest BCUT2D eigenvalue weighted by Gasteiger charge is -2.26. The first-order valence-electron chi connectivity index (χ1n) is 28.9. The number of anilines is 6. The summed E-state index contributed by atoms with van der Waals surface area (Å²) in [6.07, 6.45) is 0. The molecule has 0 spiro atoms. The average molecular weight is 1070 g/mol. The van der Waals surface area contributed by atoms with Crippen LogP contribution < -0.4 is 9.80 Å². The third-order valence-corrected chi connectivity index (χ3v) is 16.6. The molecule has 15 rings (SSSR count). The van der Waals surface area contributed by atoms with Crippen LogP contribution in [0.25, 0.3) is 110 Å². The zero-order valence-corrected chi connectivity index (χ0v) is 46.2. The Kier molecular flexibility index (Phi) is 12.9. The van der Waals surface area contributed by atoms with E-state index in [1.165, 1.54) is 110 Å². The van der Waals surface area contributed by atoms with Crippen molar-refractivity contribution in [3.63, 3.8) is 0 Å². The molecular formula is C82H56N2. The van der Waals surface area contributed by atoms with E-state index in [2.05, 4.69) is 350 Å². The molecule has 0 heterocycles. The standard InChI is InChI=1S/C82H56N2/c1-5-22-57(23-6-1)59-40-48-67(49-41-59)83(65-28-9-3-10-29-65)69-52-44-61(45-53-69)79-71-32-13-17-36-75(71)81(76-37-18-14-33-72(76)79)63-26-21-27-64(56-63)82-77-38-19-15-34-73(77)80(74-35-16-20-39-78(74)82)62-46-54-70(55-47-62)84(66-30-11-4-12-31-66)68-50-42-60(43-51-68)58-24-7-2-8-25-58/h1-56H. The van der Waals surface area contributed by atoms with Gasteiger partial charge in [0.15, 0.2) is 0 Å². The largest absolute Gasteiger partial charge is 0.311 e. The Morgan fingerprint density at radius 1 is 0.131 bits per heavy atom. The van der Waals surface area contributed by atoms with Gasteiger partial charge in [0, 0.05) is 34.1 Å². The van der Waals surface area contributed by atoms with Gasteiger partial charge >= 0.3 is 0 Å². The predicted octanol–water partition coefficient (Wildman–Crippen LogP) is 23.2. The van der Waals surface area contributed by atoms with Crippen LogP contribution >= 0.6 is 0 Å². The van der Waals surface area contributed by atoms with E-state index in [0.717, 1.165) is 34.1 Å². The normalized spacial score (nSPS) is 11.3. The number of nitrogens with zero attached hydrogens (tertiary/aromatic N) is 2. The van der Waals surface area contributed by atoms with Crippen LogP contribution in [-0.4, -0.2) is 0 Å². The maximum atomic E-state index is 2.43. The van der Waals surface area contributed by atoms with Crippen molar-refractivity contribution in [1.29, 1.82) is 0 Å². The van der Waals surface area contributed by atoms with E-state index < -0.39 is 0 Å². The van der Waals surface area contributed by atoms with Crippen molar-refractivity contribution in [2.75, 3.05) is 9.80 Å². The van der Waals surface area contributed by atoms with Crippen molar-refractivity contribution in [3.05, 3.63) is 340 Å². The Morgan fingerprint density at radius 3 is 0.595 bits per heavy atom. The van der Waals surface area contributed by atoms with Crippen LogP contribution in [0.15, 0.2) is 340 Å². The van der Waals surface area contributed by atoms with E-state index in [9.17, 15) is 0 Å². The van der Waals surface area contributed by atoms with Crippen LogP contribution in [0.3, 0.4) is 0 Å². The van der Waals surface area contributed by atoms with Crippen LogP contribution in [0.4, 0.5) is 34.1 Å². The first-order chi connectivity index (χ1) is 41.7. The second-order valence-corrected chi connectivity index (χ2v) is 21.5. The number of rotatable bonds is 12. The van der Waals surface area contributed by atoms with E-state index in [0.29, 0.717) is 0 Å². The van der Waals surface area contributed by atoms with Crippen LogP contribution in [0.2, 0.25) is 0 Å². The number of fused-ring (bicyclic) bond motifs is 4. The van der Waals surface area contributed by atoms with Gasteiger partial charge in [-0.15, -0.1) is 0 Å². The summed E-state index contributed by atoms with van der Waals surface area (Å²) in [6.45, 7) is 0. The third kappa shape index (κ3) is 9.13. The molecule has 0 aliphatic carbocycles. The van der Waals surface area contributed by atoms with Crippen molar-refractivity contribution in [2.24, 2.45) is 0 Å². The topological polar surface area (TPSA) is 6.48 Å². The summed E-state index contributed by atoms with van der Waals surface area (Å²) in [6, 6.07) is 124. The third-order valence-electron chi connectivity index (χ3n) is 16.6. The second-order valence-electron chi connectivity index (χ2n) is 21.5. The highest BCUT2D eigenvalue weighted by atomic mass is 15.1. The fraction of sp³-hybridized carbons (Fsp3) is 0. The average Bonchev–Trinajstić information content (AvgIpc) is 2.66. The molecule has 0 N–H and O–H groups in total. The number of hydrogen-bond donors (Lipinski definition) is 0. The summed E-state index contributed by atoms with van der Waals surface area (Å²) in [5.41, 5.74) is 21.1. The molecule has 0 aliphatic rings. The maximum absolute atomic E-state index is 2.43. The molecule has 15 aromatic rings. The van der Waals surface area contributed by atoms with Crippen molar-refractivity contribution >= 4 is 77.2 Å². The SMILES string of the molecule is c1ccc(-c2ccc(N(c3ccccc3)c3ccc(-c4c5ccccc5c(-c5cccc(-c6c7ccccc7c(-c7ccc(N(c8ccccc8)c8ccc(-c9ccccc9)cc8)cc7)c7ccccc67)c5)c5ccccc45)cc3)cc2)cc1. The summed E-state index contributed by atoms with van der Waals surface area (Å²) in [7, 11) is 0. The fourth-order valence-corrected chi connectivity index (χ4v) is 12.8. The van der Waals surface area contributed by atoms with Gasteiger partial charge in [0.05, 0.1) is 0 Å². The number of para-hydroxylation sites is 2. The van der Waals surface area contributed by atoms with Gasteiger partial charge in [-0.3, -0.25) is 0 Å². The van der Waals surface area contributed by atoms with Gasteiger partial charge in [-0.25, -0.2) is 0 Å². The number of hydrogen-bond acceptors (Lipinski definition) is 2. The Labute approximate surface area is 490 Å². The van der Waals surface area contributed by atoms with E-state index >= 15 is 0 Å². The van der Waals surface area contributed by atoms with Crippen LogP contribution in [0.1, 0.15) is 0 Å². The Hall–Kier alpha value is -11.1. The highest BCUT2D eigenvalue weighted by molar-refractivity contribution is 6.24. The molecule has 84 heavy (non-hydrogen) atoms. The molecule has 0 bridgehead atoms. The first-order valence-corrected chi connectivity index (χ1v) is 28.9. The molecule has 0 amide bonds. The van der Waals surface area contributed by atoms with Gasteiger partial charge in [0.2, 0.25) is 0 Å². The van der Waals surface area contributed by atoms with Gasteiger partial charge in [-0.2, -0.15) is 0 Å². The summed E-state index contributed by atoms with van der Waals surface area (Å²) in [5.74, 6) is 0. The highest BCUT2D eigenvalue weighted by Gasteiger charge is 2.22. The molecule has 0 atom stereocenters. The minimum atomic E-state index is 1.09. The monoisotopic (exact) mass is 1070 g/mol. The summed E-state index contributed by atoms with van der Waals surface area (Å²) < 4.78 is 0. The summed E-state index contributed by atoms with van der Waals surface area (Å²) in [5, 5.41) is 9.78. The van der Waals surface area contributed by atoms with E-state index in [1.807, 2.05) is 0 Å². The Balaban J connectivity index is 0.812. The number of benzene rings is 15. The maximum Gasteiger partial charge on any atom is 0.0462 e. The molecule has 2 nitrogen and oxygen atoms in total. The molecule has 0 saturated heterocycles. The van der Waals surface area contributed by atoms with Crippen LogP contribution in [0, 0.1) is 0 Å². The van der Waals surface area contributed by atoms with E-state index in [-0.39, 0.29) is 0 Å². The summed E-state index contributed by atoms with van der Waals surface area (Å²) >= 11 is 0. The lowest BCUT2D eigenvalue weighted by atomic mass is 9.83. The fourth-order valence-electron chi connectivity index (χ4n) is 12.8. The minimum Gasteiger partial charge on any atom is -0.311 e. The van der Waals surface area contributed by atoms with Gasteiger partial charge < -0.3 is 9.80 Å². The smallest absolute Gasteiger partial charge is 0.0462 e. The van der Waals surface area contributed by atoms with Gasteiger partial charge in [-0.1, -0.05) is 261 Å². The first kappa shape index (κ1) is 49.9. The quantitative estimate of drug-likeness (QED) is 0.113. The van der Waals surface area contributed by atoms with Gasteiger partial charge in [0.1, 0.15) is 0 Å². The van der Waals surface area contributed by atoms with E-state index in [1.54, 1.807) is 0 Å².